The first-order chi connectivity index (χ1) is 11.1. The molecule has 2 amide bonds. The minimum Gasteiger partial charge on any atom is -0.369 e. The maximum atomic E-state index is 12.9. The van der Waals surface area contributed by atoms with Gasteiger partial charge in [0.1, 0.15) is 4.75 Å². The molecule has 3 aliphatic rings. The summed E-state index contributed by atoms with van der Waals surface area (Å²) < 4.78 is 23.7. The van der Waals surface area contributed by atoms with Crippen LogP contribution in [0.15, 0.2) is 0 Å². The summed E-state index contributed by atoms with van der Waals surface area (Å²) in [7, 11) is -3.39. The number of primary amides is 1. The van der Waals surface area contributed by atoms with E-state index in [4.69, 9.17) is 5.73 Å². The van der Waals surface area contributed by atoms with Crippen molar-refractivity contribution in [3.05, 3.63) is 0 Å². The number of amides is 2. The Morgan fingerprint density at radius 3 is 2.25 bits per heavy atom. The standard InChI is InChI=1S/C16H27N3O4S/c1-15(2,19-7-4-3-5-8-19)14(21)18-10-16(11-18)12(13(17)20)6-9-24(16,22)23/h12H,3-11H2,1-2H3,(H2,17,20). The number of carbonyl (C=O) groups is 2. The molecule has 0 bridgehead atoms. The van der Waals surface area contributed by atoms with Crippen LogP contribution in [-0.2, 0) is 19.4 Å². The van der Waals surface area contributed by atoms with Crippen molar-refractivity contribution in [1.29, 1.82) is 0 Å². The molecule has 2 N–H and O–H groups in total. The molecule has 3 aliphatic heterocycles. The Bertz CT molecular complexity index is 646. The van der Waals surface area contributed by atoms with Gasteiger partial charge in [0.05, 0.1) is 17.2 Å². The van der Waals surface area contributed by atoms with Crippen molar-refractivity contribution in [3.63, 3.8) is 0 Å². The zero-order chi connectivity index (χ0) is 17.8. The Morgan fingerprint density at radius 1 is 1.12 bits per heavy atom. The average molecular weight is 357 g/mol. The first-order valence-electron chi connectivity index (χ1n) is 8.68. The molecule has 136 valence electrons. The van der Waals surface area contributed by atoms with Crippen molar-refractivity contribution in [2.24, 2.45) is 11.7 Å². The summed E-state index contributed by atoms with van der Waals surface area (Å²) in [5.74, 6) is -1.32. The third-order valence-electron chi connectivity index (χ3n) is 6.15. The quantitative estimate of drug-likeness (QED) is 0.751. The molecule has 0 radical (unpaired) electrons. The molecule has 8 heteroatoms. The number of rotatable bonds is 3. The second-order valence-corrected chi connectivity index (χ2v) is 10.3. The van der Waals surface area contributed by atoms with Crippen LogP contribution in [0.5, 0.6) is 0 Å². The molecule has 1 atom stereocenters. The van der Waals surface area contributed by atoms with Crippen LogP contribution >= 0.6 is 0 Å². The molecule has 0 aliphatic carbocycles. The smallest absolute Gasteiger partial charge is 0.242 e. The van der Waals surface area contributed by atoms with E-state index < -0.39 is 31.9 Å². The van der Waals surface area contributed by atoms with E-state index in [2.05, 4.69) is 4.90 Å². The SMILES string of the molecule is CC(C)(C(=O)N1CC2(C1)C(C(N)=O)CCS2(=O)=O)N1CCCCC1. The zero-order valence-electron chi connectivity index (χ0n) is 14.5. The Kier molecular flexibility index (Phi) is 4.19. The van der Waals surface area contributed by atoms with Crippen LogP contribution in [-0.4, -0.2) is 72.2 Å². The molecule has 3 heterocycles. The van der Waals surface area contributed by atoms with Crippen molar-refractivity contribution in [3.8, 4) is 0 Å². The molecule has 3 saturated heterocycles. The highest BCUT2D eigenvalue weighted by atomic mass is 32.2. The predicted octanol–water partition coefficient (Wildman–Crippen LogP) is -0.248. The van der Waals surface area contributed by atoms with Gasteiger partial charge in [-0.1, -0.05) is 6.42 Å². The van der Waals surface area contributed by atoms with Crippen LogP contribution in [0, 0.1) is 5.92 Å². The molecular formula is C16H27N3O4S. The normalized spacial score (nSPS) is 29.4. The van der Waals surface area contributed by atoms with Crippen molar-refractivity contribution in [1.82, 2.24) is 9.80 Å². The predicted molar refractivity (Wildman–Crippen MR) is 89.9 cm³/mol. The van der Waals surface area contributed by atoms with Gasteiger partial charge in [-0.15, -0.1) is 0 Å². The average Bonchev–Trinajstić information content (AvgIpc) is 2.77. The van der Waals surface area contributed by atoms with Gasteiger partial charge in [0.2, 0.25) is 11.8 Å². The van der Waals surface area contributed by atoms with Crippen LogP contribution in [0.4, 0.5) is 0 Å². The number of nitrogens with two attached hydrogens (primary N) is 1. The lowest BCUT2D eigenvalue weighted by Crippen LogP contribution is -2.73. The molecule has 3 rings (SSSR count). The van der Waals surface area contributed by atoms with Crippen molar-refractivity contribution in [2.45, 2.75) is 49.8 Å². The van der Waals surface area contributed by atoms with Gasteiger partial charge in [-0.05, 0) is 46.2 Å². The molecule has 0 aromatic heterocycles. The molecule has 24 heavy (non-hydrogen) atoms. The van der Waals surface area contributed by atoms with Gasteiger partial charge >= 0.3 is 0 Å². The van der Waals surface area contributed by atoms with Crippen LogP contribution in [0.2, 0.25) is 0 Å². The fourth-order valence-electron chi connectivity index (χ4n) is 4.49. The topological polar surface area (TPSA) is 101 Å². The Labute approximate surface area is 143 Å². The minimum absolute atomic E-state index is 0.0157. The molecule has 1 unspecified atom stereocenters. The molecule has 3 fully saturated rings. The van der Waals surface area contributed by atoms with E-state index in [1.54, 1.807) is 4.90 Å². The van der Waals surface area contributed by atoms with Gasteiger partial charge in [0.25, 0.3) is 0 Å². The fourth-order valence-corrected chi connectivity index (χ4v) is 6.82. The van der Waals surface area contributed by atoms with E-state index >= 15 is 0 Å². The summed E-state index contributed by atoms with van der Waals surface area (Å²) in [4.78, 5) is 28.4. The number of hydrogen-bond donors (Lipinski definition) is 1. The Morgan fingerprint density at radius 2 is 1.71 bits per heavy atom. The van der Waals surface area contributed by atoms with Crippen molar-refractivity contribution < 1.29 is 18.0 Å². The highest BCUT2D eigenvalue weighted by Gasteiger charge is 2.65. The van der Waals surface area contributed by atoms with E-state index in [0.29, 0.717) is 0 Å². The van der Waals surface area contributed by atoms with Crippen LogP contribution in [0.25, 0.3) is 0 Å². The van der Waals surface area contributed by atoms with Gasteiger partial charge in [0, 0.05) is 13.1 Å². The number of hydrogen-bond acceptors (Lipinski definition) is 5. The van der Waals surface area contributed by atoms with Crippen molar-refractivity contribution >= 4 is 21.7 Å². The minimum atomic E-state index is -3.39. The maximum absolute atomic E-state index is 12.9. The summed E-state index contributed by atoms with van der Waals surface area (Å²) in [6, 6.07) is 0. The molecule has 7 nitrogen and oxygen atoms in total. The summed E-state index contributed by atoms with van der Waals surface area (Å²) in [6.07, 6.45) is 3.62. The first-order valence-corrected chi connectivity index (χ1v) is 10.3. The molecule has 0 aromatic carbocycles. The lowest BCUT2D eigenvalue weighted by Gasteiger charge is -2.52. The van der Waals surface area contributed by atoms with Gasteiger partial charge in [-0.3, -0.25) is 14.5 Å². The second kappa shape index (κ2) is 5.69. The fraction of sp³-hybridized carbons (Fsp3) is 0.875. The number of nitrogens with zero attached hydrogens (tertiary/aromatic N) is 2. The lowest BCUT2D eigenvalue weighted by molar-refractivity contribution is -0.151. The monoisotopic (exact) mass is 357 g/mol. The van der Waals surface area contributed by atoms with Gasteiger partial charge in [0.15, 0.2) is 9.84 Å². The zero-order valence-corrected chi connectivity index (χ0v) is 15.3. The second-order valence-electron chi connectivity index (χ2n) is 7.90. The van der Waals surface area contributed by atoms with Gasteiger partial charge in [-0.25, -0.2) is 8.42 Å². The molecule has 0 saturated carbocycles. The van der Waals surface area contributed by atoms with Crippen LogP contribution in [0.3, 0.4) is 0 Å². The Balaban J connectivity index is 1.75. The van der Waals surface area contributed by atoms with E-state index in [9.17, 15) is 18.0 Å². The van der Waals surface area contributed by atoms with Crippen molar-refractivity contribution in [2.75, 3.05) is 31.9 Å². The van der Waals surface area contributed by atoms with Crippen LogP contribution in [0.1, 0.15) is 39.5 Å². The maximum Gasteiger partial charge on any atom is 0.242 e. The highest BCUT2D eigenvalue weighted by Crippen LogP contribution is 2.45. The number of carbonyl (C=O) groups excluding carboxylic acids is 2. The lowest BCUT2D eigenvalue weighted by atomic mass is 9.81. The highest BCUT2D eigenvalue weighted by molar-refractivity contribution is 7.93. The summed E-state index contributed by atoms with van der Waals surface area (Å²) >= 11 is 0. The number of piperidine rings is 1. The largest absolute Gasteiger partial charge is 0.369 e. The molecular weight excluding hydrogens is 330 g/mol. The number of likely N-dealkylation sites (tertiary alicyclic amines) is 2. The Hall–Kier alpha value is -1.15. The van der Waals surface area contributed by atoms with E-state index in [0.717, 1.165) is 25.9 Å². The van der Waals surface area contributed by atoms with Crippen LogP contribution < -0.4 is 5.73 Å². The summed E-state index contributed by atoms with van der Waals surface area (Å²) in [5.41, 5.74) is 4.77. The van der Waals surface area contributed by atoms with Gasteiger partial charge in [-0.2, -0.15) is 0 Å². The third-order valence-corrected chi connectivity index (χ3v) is 8.70. The molecule has 0 aromatic rings. The molecule has 1 spiro atoms. The van der Waals surface area contributed by atoms with E-state index in [1.807, 2.05) is 13.8 Å². The number of sulfone groups is 1. The summed E-state index contributed by atoms with van der Waals surface area (Å²) in [5, 5.41) is 0. The van der Waals surface area contributed by atoms with Gasteiger partial charge < -0.3 is 10.6 Å². The van der Waals surface area contributed by atoms with E-state index in [-0.39, 0.29) is 31.2 Å². The third kappa shape index (κ3) is 2.45. The first kappa shape index (κ1) is 17.7. The summed E-state index contributed by atoms with van der Waals surface area (Å²) in [6.45, 7) is 5.78. The van der Waals surface area contributed by atoms with E-state index in [1.165, 1.54) is 6.42 Å².